The lowest BCUT2D eigenvalue weighted by atomic mass is 10.2. The van der Waals surface area contributed by atoms with Gasteiger partial charge in [-0.1, -0.05) is 23.5 Å². The van der Waals surface area contributed by atoms with Crippen molar-refractivity contribution in [3.63, 3.8) is 0 Å². The van der Waals surface area contributed by atoms with Crippen molar-refractivity contribution in [2.24, 2.45) is 12.0 Å². The molecular weight excluding hydrogens is 352 g/mol. The lowest BCUT2D eigenvalue weighted by Gasteiger charge is -2.04. The third kappa shape index (κ3) is 3.16. The van der Waals surface area contributed by atoms with Crippen LogP contribution in [-0.4, -0.2) is 17.1 Å². The van der Waals surface area contributed by atoms with Gasteiger partial charge in [0.05, 0.1) is 10.2 Å². The second-order valence-electron chi connectivity index (χ2n) is 5.66. The number of thiazole rings is 1. The molecule has 1 amide bonds. The van der Waals surface area contributed by atoms with Gasteiger partial charge in [-0.3, -0.25) is 4.79 Å². The Morgan fingerprint density at radius 2 is 2.00 bits per heavy atom. The summed E-state index contributed by atoms with van der Waals surface area (Å²) >= 11 is 1.45. The normalized spacial score (nSPS) is 12.0. The summed E-state index contributed by atoms with van der Waals surface area (Å²) in [4.78, 5) is 28.2. The van der Waals surface area contributed by atoms with Crippen LogP contribution in [0.4, 0.5) is 0 Å². The number of hydrogen-bond donors (Lipinski definition) is 0. The molecule has 0 atom stereocenters. The Hall–Kier alpha value is -3.19. The number of carbonyl (C=O) groups is 1. The van der Waals surface area contributed by atoms with Crippen LogP contribution < -0.4 is 15.2 Å². The van der Waals surface area contributed by atoms with Crippen molar-refractivity contribution in [1.82, 2.24) is 4.57 Å². The SMILES string of the molecule is Cn1c(=NC(=O)COc2ccc3ccc(=O)oc3c2)sc2ccccc21. The van der Waals surface area contributed by atoms with E-state index in [1.807, 2.05) is 35.9 Å². The Labute approximate surface area is 151 Å². The highest BCUT2D eigenvalue weighted by atomic mass is 32.1. The van der Waals surface area contributed by atoms with Crippen molar-refractivity contribution in [2.45, 2.75) is 0 Å². The first-order valence-corrected chi connectivity index (χ1v) is 8.71. The summed E-state index contributed by atoms with van der Waals surface area (Å²) in [5.41, 5.74) is 1.00. The molecule has 0 unspecified atom stereocenters. The number of aromatic nitrogens is 1. The zero-order valence-electron chi connectivity index (χ0n) is 13.8. The fourth-order valence-electron chi connectivity index (χ4n) is 2.60. The second kappa shape index (κ2) is 6.61. The first-order valence-electron chi connectivity index (χ1n) is 7.89. The Morgan fingerprint density at radius 1 is 1.19 bits per heavy atom. The summed E-state index contributed by atoms with van der Waals surface area (Å²) in [6, 6.07) is 16.0. The Kier molecular flexibility index (Phi) is 4.14. The Balaban J connectivity index is 1.55. The van der Waals surface area contributed by atoms with Crippen LogP contribution in [-0.2, 0) is 11.8 Å². The molecule has 0 aliphatic carbocycles. The summed E-state index contributed by atoms with van der Waals surface area (Å²) in [6.45, 7) is -0.198. The number of fused-ring (bicyclic) bond motifs is 2. The molecule has 0 radical (unpaired) electrons. The van der Waals surface area contributed by atoms with Crippen molar-refractivity contribution in [2.75, 3.05) is 6.61 Å². The van der Waals surface area contributed by atoms with Crippen molar-refractivity contribution in [3.05, 3.63) is 69.8 Å². The van der Waals surface area contributed by atoms with Gasteiger partial charge in [0.25, 0.3) is 5.91 Å². The molecule has 0 spiro atoms. The van der Waals surface area contributed by atoms with Gasteiger partial charge in [-0.05, 0) is 30.3 Å². The minimum Gasteiger partial charge on any atom is -0.484 e. The molecular formula is C19H14N2O4S. The molecule has 4 rings (SSSR count). The number of rotatable bonds is 3. The van der Waals surface area contributed by atoms with Gasteiger partial charge in [-0.15, -0.1) is 0 Å². The van der Waals surface area contributed by atoms with Gasteiger partial charge in [0, 0.05) is 24.6 Å². The number of aryl methyl sites for hydroxylation is 1. The molecule has 4 aromatic rings. The summed E-state index contributed by atoms with van der Waals surface area (Å²) in [5.74, 6) is 0.0536. The molecule has 0 saturated heterocycles. The summed E-state index contributed by atoms with van der Waals surface area (Å²) in [5, 5.41) is 0.783. The number of benzene rings is 2. The van der Waals surface area contributed by atoms with Crippen LogP contribution in [0.25, 0.3) is 21.2 Å². The molecule has 0 bridgehead atoms. The molecule has 0 saturated carbocycles. The maximum atomic E-state index is 12.2. The molecule has 0 fully saturated rings. The third-order valence-corrected chi connectivity index (χ3v) is 5.00. The number of nitrogens with zero attached hydrogens (tertiary/aromatic N) is 2. The molecule has 0 N–H and O–H groups in total. The van der Waals surface area contributed by atoms with Crippen LogP contribution >= 0.6 is 11.3 Å². The standard InChI is InChI=1S/C19H14N2O4S/c1-21-14-4-2-3-5-16(14)26-19(21)20-17(22)11-24-13-8-6-12-7-9-18(23)25-15(12)10-13/h2-10H,11H2,1H3. The quantitative estimate of drug-likeness (QED) is 0.523. The van der Waals surface area contributed by atoms with Crippen LogP contribution in [0.5, 0.6) is 5.75 Å². The minimum atomic E-state index is -0.432. The van der Waals surface area contributed by atoms with Gasteiger partial charge in [0.1, 0.15) is 11.3 Å². The maximum absolute atomic E-state index is 12.2. The van der Waals surface area contributed by atoms with E-state index in [9.17, 15) is 9.59 Å². The van der Waals surface area contributed by atoms with Crippen LogP contribution in [0, 0.1) is 0 Å². The molecule has 2 heterocycles. The second-order valence-corrected chi connectivity index (χ2v) is 6.67. The highest BCUT2D eigenvalue weighted by Gasteiger charge is 2.06. The van der Waals surface area contributed by atoms with Crippen LogP contribution in [0.2, 0.25) is 0 Å². The minimum absolute atomic E-state index is 0.198. The van der Waals surface area contributed by atoms with E-state index in [0.29, 0.717) is 16.1 Å². The number of carbonyl (C=O) groups excluding carboxylic acids is 1. The number of ether oxygens (including phenoxy) is 1. The Bertz CT molecular complexity index is 1250. The zero-order chi connectivity index (χ0) is 18.1. The summed E-state index contributed by atoms with van der Waals surface area (Å²) in [7, 11) is 1.87. The van der Waals surface area contributed by atoms with Crippen LogP contribution in [0.15, 0.2) is 68.8 Å². The van der Waals surface area contributed by atoms with E-state index >= 15 is 0 Å². The molecule has 2 aromatic heterocycles. The van der Waals surface area contributed by atoms with Gasteiger partial charge < -0.3 is 13.7 Å². The summed E-state index contributed by atoms with van der Waals surface area (Å²) < 4.78 is 13.5. The predicted octanol–water partition coefficient (Wildman–Crippen LogP) is 2.85. The van der Waals surface area contributed by atoms with Crippen molar-refractivity contribution in [1.29, 1.82) is 0 Å². The topological polar surface area (TPSA) is 73.8 Å². The molecule has 7 heteroatoms. The number of para-hydroxylation sites is 1. The fourth-order valence-corrected chi connectivity index (χ4v) is 3.64. The van der Waals surface area contributed by atoms with Crippen molar-refractivity contribution in [3.8, 4) is 5.75 Å². The number of amides is 1. The van der Waals surface area contributed by atoms with E-state index in [4.69, 9.17) is 9.15 Å². The van der Waals surface area contributed by atoms with E-state index in [-0.39, 0.29) is 12.5 Å². The first kappa shape index (κ1) is 16.3. The zero-order valence-corrected chi connectivity index (χ0v) is 14.7. The molecule has 0 aliphatic heterocycles. The van der Waals surface area contributed by atoms with Crippen LogP contribution in [0.3, 0.4) is 0 Å². The monoisotopic (exact) mass is 366 g/mol. The van der Waals surface area contributed by atoms with Crippen molar-refractivity contribution < 1.29 is 13.9 Å². The average Bonchev–Trinajstić information content (AvgIpc) is 2.95. The predicted molar refractivity (Wildman–Crippen MR) is 99.3 cm³/mol. The lowest BCUT2D eigenvalue weighted by Crippen LogP contribution is -2.17. The lowest BCUT2D eigenvalue weighted by molar-refractivity contribution is -0.120. The first-order chi connectivity index (χ1) is 12.6. The molecule has 26 heavy (non-hydrogen) atoms. The molecule has 6 nitrogen and oxygen atoms in total. The smallest absolute Gasteiger partial charge is 0.336 e. The van der Waals surface area contributed by atoms with Gasteiger partial charge >= 0.3 is 5.63 Å². The highest BCUT2D eigenvalue weighted by Crippen LogP contribution is 2.19. The highest BCUT2D eigenvalue weighted by molar-refractivity contribution is 7.16. The van der Waals surface area contributed by atoms with Crippen molar-refractivity contribution >= 4 is 38.4 Å². The van der Waals surface area contributed by atoms with E-state index in [1.54, 1.807) is 24.3 Å². The Morgan fingerprint density at radius 3 is 2.85 bits per heavy atom. The van der Waals surface area contributed by atoms with Gasteiger partial charge in [-0.25, -0.2) is 4.79 Å². The fraction of sp³-hybridized carbons (Fsp3) is 0.105. The van der Waals surface area contributed by atoms with E-state index < -0.39 is 5.63 Å². The average molecular weight is 366 g/mol. The summed E-state index contributed by atoms with van der Waals surface area (Å²) in [6.07, 6.45) is 0. The maximum Gasteiger partial charge on any atom is 0.336 e. The van der Waals surface area contributed by atoms with Gasteiger partial charge in [-0.2, -0.15) is 4.99 Å². The molecule has 0 aliphatic rings. The molecule has 130 valence electrons. The third-order valence-electron chi connectivity index (χ3n) is 3.89. The van der Waals surface area contributed by atoms with Gasteiger partial charge in [0.2, 0.25) is 0 Å². The number of hydrogen-bond acceptors (Lipinski definition) is 5. The van der Waals surface area contributed by atoms with Crippen LogP contribution in [0.1, 0.15) is 0 Å². The largest absolute Gasteiger partial charge is 0.484 e. The van der Waals surface area contributed by atoms with E-state index in [1.165, 1.54) is 17.4 Å². The van der Waals surface area contributed by atoms with E-state index in [0.717, 1.165) is 15.6 Å². The molecule has 2 aromatic carbocycles. The van der Waals surface area contributed by atoms with E-state index in [2.05, 4.69) is 4.99 Å². The van der Waals surface area contributed by atoms with Gasteiger partial charge in [0.15, 0.2) is 11.4 Å².